The van der Waals surface area contributed by atoms with E-state index in [0.29, 0.717) is 23.6 Å². The van der Waals surface area contributed by atoms with E-state index in [1.165, 1.54) is 4.90 Å². The topological polar surface area (TPSA) is 67.9 Å². The van der Waals surface area contributed by atoms with Crippen molar-refractivity contribution in [3.8, 4) is 11.5 Å². The zero-order valence-electron chi connectivity index (χ0n) is 19.8. The first-order valence-corrected chi connectivity index (χ1v) is 11.2. The van der Waals surface area contributed by atoms with Gasteiger partial charge in [0.05, 0.1) is 25.8 Å². The van der Waals surface area contributed by atoms with E-state index in [4.69, 9.17) is 9.47 Å². The minimum atomic E-state index is -0.375. The number of anilines is 1. The molecular formula is C28H28N2O4. The summed E-state index contributed by atoms with van der Waals surface area (Å²) in [7, 11) is 1.57. The number of nitrogens with one attached hydrogen (secondary N) is 1. The van der Waals surface area contributed by atoms with E-state index in [0.717, 1.165) is 28.0 Å². The predicted octanol–water partition coefficient (Wildman–Crippen LogP) is 5.10. The van der Waals surface area contributed by atoms with Crippen LogP contribution in [0.3, 0.4) is 0 Å². The number of hydrogen-bond donors (Lipinski definition) is 1. The van der Waals surface area contributed by atoms with Crippen molar-refractivity contribution in [3.05, 3.63) is 94.7 Å². The van der Waals surface area contributed by atoms with E-state index >= 15 is 0 Å². The standard InChI is InChI=1S/C28H28N2O4/c1-5-34-22-13-11-21(12-14-22)29-26-25(23-15-10-18(2)16-19(23)3)27(31)30(28(26)32)17-20-8-6-7-9-24(20)33-4/h6-16,29H,5,17H2,1-4H3. The van der Waals surface area contributed by atoms with E-state index in [-0.39, 0.29) is 24.1 Å². The highest BCUT2D eigenvalue weighted by molar-refractivity contribution is 6.36. The van der Waals surface area contributed by atoms with Gasteiger partial charge in [0.15, 0.2) is 0 Å². The van der Waals surface area contributed by atoms with Crippen LogP contribution in [-0.4, -0.2) is 30.4 Å². The molecule has 0 saturated carbocycles. The summed E-state index contributed by atoms with van der Waals surface area (Å²) < 4.78 is 10.9. The van der Waals surface area contributed by atoms with Gasteiger partial charge in [0.25, 0.3) is 11.8 Å². The third-order valence-electron chi connectivity index (χ3n) is 5.77. The SMILES string of the molecule is CCOc1ccc(NC2=C(c3ccc(C)cc3C)C(=O)N(Cc3ccccc3OC)C2=O)cc1. The van der Waals surface area contributed by atoms with Crippen LogP contribution in [0.15, 0.2) is 72.4 Å². The maximum absolute atomic E-state index is 13.6. The van der Waals surface area contributed by atoms with Crippen molar-refractivity contribution in [2.45, 2.75) is 27.3 Å². The Kier molecular flexibility index (Phi) is 6.68. The number of nitrogens with zero attached hydrogens (tertiary/aromatic N) is 1. The first kappa shape index (κ1) is 23.1. The molecule has 4 rings (SSSR count). The lowest BCUT2D eigenvalue weighted by molar-refractivity contribution is -0.137. The Bertz CT molecular complexity index is 1260. The lowest BCUT2D eigenvalue weighted by atomic mass is 9.97. The third-order valence-corrected chi connectivity index (χ3v) is 5.77. The molecule has 6 nitrogen and oxygen atoms in total. The third kappa shape index (κ3) is 4.53. The van der Waals surface area contributed by atoms with Crippen LogP contribution in [0, 0.1) is 13.8 Å². The Hall–Kier alpha value is -4.06. The molecule has 0 spiro atoms. The Morgan fingerprint density at radius 2 is 1.65 bits per heavy atom. The number of para-hydroxylation sites is 1. The van der Waals surface area contributed by atoms with E-state index in [2.05, 4.69) is 5.32 Å². The van der Waals surface area contributed by atoms with Gasteiger partial charge >= 0.3 is 0 Å². The molecule has 3 aromatic rings. The highest BCUT2D eigenvalue weighted by atomic mass is 16.5. The summed E-state index contributed by atoms with van der Waals surface area (Å²) >= 11 is 0. The summed E-state index contributed by atoms with van der Waals surface area (Å²) in [6.07, 6.45) is 0. The van der Waals surface area contributed by atoms with Gasteiger partial charge in [-0.25, -0.2) is 0 Å². The van der Waals surface area contributed by atoms with Gasteiger partial charge in [-0.15, -0.1) is 0 Å². The number of ether oxygens (including phenoxy) is 2. The van der Waals surface area contributed by atoms with E-state index in [1.54, 1.807) is 7.11 Å². The van der Waals surface area contributed by atoms with Crippen molar-refractivity contribution in [2.24, 2.45) is 0 Å². The molecule has 6 heteroatoms. The number of aryl methyl sites for hydroxylation is 2. The number of hydrogen-bond acceptors (Lipinski definition) is 5. The van der Waals surface area contributed by atoms with Crippen LogP contribution < -0.4 is 14.8 Å². The maximum Gasteiger partial charge on any atom is 0.278 e. The molecule has 0 bridgehead atoms. The molecule has 2 amide bonds. The highest BCUT2D eigenvalue weighted by Gasteiger charge is 2.40. The molecule has 0 aliphatic carbocycles. The summed E-state index contributed by atoms with van der Waals surface area (Å²) in [5.74, 6) is 0.656. The van der Waals surface area contributed by atoms with Gasteiger partial charge in [-0.2, -0.15) is 0 Å². The summed E-state index contributed by atoms with van der Waals surface area (Å²) in [4.78, 5) is 28.5. The van der Waals surface area contributed by atoms with Crippen LogP contribution in [0.4, 0.5) is 5.69 Å². The first-order chi connectivity index (χ1) is 16.4. The van der Waals surface area contributed by atoms with Gasteiger partial charge in [0.1, 0.15) is 17.2 Å². The molecular weight excluding hydrogens is 428 g/mol. The van der Waals surface area contributed by atoms with Crippen LogP contribution >= 0.6 is 0 Å². The van der Waals surface area contributed by atoms with Gasteiger partial charge in [0.2, 0.25) is 0 Å². The fourth-order valence-corrected chi connectivity index (χ4v) is 4.13. The molecule has 1 heterocycles. The monoisotopic (exact) mass is 456 g/mol. The predicted molar refractivity (Wildman–Crippen MR) is 133 cm³/mol. The number of carbonyl (C=O) groups excluding carboxylic acids is 2. The van der Waals surface area contributed by atoms with Crippen LogP contribution in [0.2, 0.25) is 0 Å². The first-order valence-electron chi connectivity index (χ1n) is 11.2. The lowest BCUT2D eigenvalue weighted by Gasteiger charge is -2.17. The smallest absolute Gasteiger partial charge is 0.278 e. The Balaban J connectivity index is 1.74. The Morgan fingerprint density at radius 1 is 0.912 bits per heavy atom. The van der Waals surface area contributed by atoms with Gasteiger partial charge in [-0.1, -0.05) is 42.0 Å². The van der Waals surface area contributed by atoms with Crippen molar-refractivity contribution in [2.75, 3.05) is 19.0 Å². The minimum Gasteiger partial charge on any atom is -0.496 e. The molecule has 174 valence electrons. The molecule has 1 aliphatic rings. The quantitative estimate of drug-likeness (QED) is 0.478. The van der Waals surface area contributed by atoms with Crippen LogP contribution in [-0.2, 0) is 16.1 Å². The number of benzene rings is 3. The second-order valence-electron chi connectivity index (χ2n) is 8.16. The van der Waals surface area contributed by atoms with Crippen molar-refractivity contribution < 1.29 is 19.1 Å². The summed E-state index contributed by atoms with van der Waals surface area (Å²) in [6.45, 7) is 6.56. The van der Waals surface area contributed by atoms with E-state index in [9.17, 15) is 9.59 Å². The Morgan fingerprint density at radius 3 is 2.32 bits per heavy atom. The molecule has 34 heavy (non-hydrogen) atoms. The molecule has 0 unspecified atom stereocenters. The average Bonchev–Trinajstić information content (AvgIpc) is 3.05. The summed E-state index contributed by atoms with van der Waals surface area (Å²) in [5.41, 5.74) is 4.84. The average molecular weight is 457 g/mol. The van der Waals surface area contributed by atoms with Crippen molar-refractivity contribution in [1.82, 2.24) is 4.90 Å². The molecule has 1 N–H and O–H groups in total. The molecule has 0 fully saturated rings. The van der Waals surface area contributed by atoms with E-state index < -0.39 is 0 Å². The highest BCUT2D eigenvalue weighted by Crippen LogP contribution is 2.34. The second kappa shape index (κ2) is 9.83. The summed E-state index contributed by atoms with van der Waals surface area (Å²) in [5, 5.41) is 3.21. The second-order valence-corrected chi connectivity index (χ2v) is 8.16. The van der Waals surface area contributed by atoms with Gasteiger partial charge < -0.3 is 14.8 Å². The maximum atomic E-state index is 13.6. The minimum absolute atomic E-state index is 0.116. The van der Waals surface area contributed by atoms with Crippen LogP contribution in [0.1, 0.15) is 29.2 Å². The molecule has 0 aromatic heterocycles. The van der Waals surface area contributed by atoms with Crippen LogP contribution in [0.25, 0.3) is 5.57 Å². The molecule has 0 saturated heterocycles. The number of imide groups is 1. The van der Waals surface area contributed by atoms with Gasteiger partial charge in [0, 0.05) is 11.3 Å². The number of amides is 2. The number of methoxy groups -OCH3 is 1. The fraction of sp³-hybridized carbons (Fsp3) is 0.214. The molecule has 1 aliphatic heterocycles. The van der Waals surface area contributed by atoms with Crippen molar-refractivity contribution >= 4 is 23.1 Å². The Labute approximate surface area is 199 Å². The van der Waals surface area contributed by atoms with Gasteiger partial charge in [-0.05, 0) is 62.2 Å². The number of carbonyl (C=O) groups is 2. The lowest BCUT2D eigenvalue weighted by Crippen LogP contribution is -2.32. The summed E-state index contributed by atoms with van der Waals surface area (Å²) in [6, 6.07) is 20.6. The molecule has 0 radical (unpaired) electrons. The zero-order valence-corrected chi connectivity index (χ0v) is 19.8. The normalized spacial score (nSPS) is 13.5. The van der Waals surface area contributed by atoms with Crippen LogP contribution in [0.5, 0.6) is 11.5 Å². The van der Waals surface area contributed by atoms with Crippen molar-refractivity contribution in [1.29, 1.82) is 0 Å². The van der Waals surface area contributed by atoms with Gasteiger partial charge in [-0.3, -0.25) is 14.5 Å². The molecule has 0 atom stereocenters. The number of rotatable bonds is 8. The van der Waals surface area contributed by atoms with E-state index in [1.807, 2.05) is 87.5 Å². The van der Waals surface area contributed by atoms with Crippen molar-refractivity contribution in [3.63, 3.8) is 0 Å². The molecule has 3 aromatic carbocycles. The fourth-order valence-electron chi connectivity index (χ4n) is 4.13. The largest absolute Gasteiger partial charge is 0.496 e. The zero-order chi connectivity index (χ0) is 24.2.